The lowest BCUT2D eigenvalue weighted by Gasteiger charge is -2.18. The topological polar surface area (TPSA) is 134 Å². The molecule has 11 heteroatoms. The summed E-state index contributed by atoms with van der Waals surface area (Å²) in [6.45, 7) is 4.08. The Morgan fingerprint density at radius 2 is 1.97 bits per heavy atom. The lowest BCUT2D eigenvalue weighted by Crippen LogP contribution is -2.30. The highest BCUT2D eigenvalue weighted by Gasteiger charge is 2.27. The van der Waals surface area contributed by atoms with Crippen LogP contribution in [0.4, 0.5) is 5.69 Å². The SMILES string of the molecule is CCN(CC)S(=O)(=O)c1ccc([C@H](C#N)C(=O)c2cc3cc([N+](=O)[O-])ccc3s2)nc1. The van der Waals surface area contributed by atoms with Gasteiger partial charge in [-0.05, 0) is 29.7 Å². The molecule has 0 saturated carbocycles. The van der Waals surface area contributed by atoms with E-state index >= 15 is 0 Å². The first-order valence-corrected chi connectivity index (χ1v) is 11.6. The van der Waals surface area contributed by atoms with Crippen molar-refractivity contribution < 1.29 is 18.1 Å². The van der Waals surface area contributed by atoms with Crippen molar-refractivity contribution in [1.82, 2.24) is 9.29 Å². The fourth-order valence-electron chi connectivity index (χ4n) is 3.09. The van der Waals surface area contributed by atoms with Gasteiger partial charge in [-0.15, -0.1) is 11.3 Å². The van der Waals surface area contributed by atoms with Gasteiger partial charge in [0.2, 0.25) is 10.0 Å². The molecule has 0 radical (unpaired) electrons. The molecule has 9 nitrogen and oxygen atoms in total. The van der Waals surface area contributed by atoms with Gasteiger partial charge in [-0.25, -0.2) is 8.42 Å². The fourth-order valence-corrected chi connectivity index (χ4v) is 5.51. The van der Waals surface area contributed by atoms with Gasteiger partial charge in [0.1, 0.15) is 4.90 Å². The van der Waals surface area contributed by atoms with Crippen molar-refractivity contribution >= 4 is 42.9 Å². The van der Waals surface area contributed by atoms with Crippen molar-refractivity contribution in [1.29, 1.82) is 5.26 Å². The van der Waals surface area contributed by atoms with E-state index in [2.05, 4.69) is 4.98 Å². The Hall–Kier alpha value is -3.20. The molecule has 1 aromatic carbocycles. The fraction of sp³-hybridized carbons (Fsp3) is 0.250. The Morgan fingerprint density at radius 1 is 1.26 bits per heavy atom. The van der Waals surface area contributed by atoms with Crippen LogP contribution in [-0.4, -0.2) is 41.5 Å². The minimum absolute atomic E-state index is 0.0155. The molecule has 0 bridgehead atoms. The van der Waals surface area contributed by atoms with Crippen molar-refractivity contribution in [2.45, 2.75) is 24.7 Å². The number of carbonyl (C=O) groups is 1. The summed E-state index contributed by atoms with van der Waals surface area (Å²) in [6.07, 6.45) is 1.15. The Morgan fingerprint density at radius 3 is 2.52 bits per heavy atom. The first-order chi connectivity index (χ1) is 14.7. The average molecular weight is 459 g/mol. The minimum atomic E-state index is -3.70. The molecule has 0 aliphatic rings. The second kappa shape index (κ2) is 8.89. The van der Waals surface area contributed by atoms with Crippen LogP contribution in [0, 0.1) is 21.4 Å². The zero-order chi connectivity index (χ0) is 22.8. The first-order valence-electron chi connectivity index (χ1n) is 9.30. The number of rotatable bonds is 8. The highest BCUT2D eigenvalue weighted by molar-refractivity contribution is 7.89. The molecule has 0 amide bonds. The molecule has 0 aliphatic carbocycles. The van der Waals surface area contributed by atoms with E-state index in [1.807, 2.05) is 6.07 Å². The second-order valence-corrected chi connectivity index (χ2v) is 9.55. The smallest absolute Gasteiger partial charge is 0.270 e. The predicted octanol–water partition coefficient (Wildman–Crippen LogP) is 3.73. The van der Waals surface area contributed by atoms with E-state index in [1.165, 1.54) is 34.6 Å². The highest BCUT2D eigenvalue weighted by Crippen LogP contribution is 2.32. The number of thiophene rings is 1. The van der Waals surface area contributed by atoms with Gasteiger partial charge in [-0.3, -0.25) is 19.9 Å². The summed E-state index contributed by atoms with van der Waals surface area (Å²) in [5.41, 5.74) is 0.0437. The van der Waals surface area contributed by atoms with E-state index in [0.717, 1.165) is 17.5 Å². The summed E-state index contributed by atoms with van der Waals surface area (Å²) in [5.74, 6) is -1.73. The molecule has 1 atom stereocenters. The van der Waals surface area contributed by atoms with Crippen LogP contribution in [0.15, 0.2) is 47.5 Å². The molecule has 0 saturated heterocycles. The normalized spacial score (nSPS) is 12.6. The summed E-state index contributed by atoms with van der Waals surface area (Å²) >= 11 is 1.13. The number of hydrogen-bond donors (Lipinski definition) is 0. The molecular weight excluding hydrogens is 440 g/mol. The number of fused-ring (bicyclic) bond motifs is 1. The maximum atomic E-state index is 12.9. The lowest BCUT2D eigenvalue weighted by atomic mass is 10.00. The van der Waals surface area contributed by atoms with Crippen molar-refractivity contribution in [2.75, 3.05) is 13.1 Å². The maximum Gasteiger partial charge on any atom is 0.270 e. The van der Waals surface area contributed by atoms with E-state index in [0.29, 0.717) is 23.2 Å². The molecule has 3 aromatic rings. The lowest BCUT2D eigenvalue weighted by molar-refractivity contribution is -0.384. The van der Waals surface area contributed by atoms with Crippen LogP contribution in [-0.2, 0) is 10.0 Å². The van der Waals surface area contributed by atoms with Gasteiger partial charge in [0.15, 0.2) is 11.7 Å². The molecule has 2 heterocycles. The van der Waals surface area contributed by atoms with Gasteiger partial charge >= 0.3 is 0 Å². The summed E-state index contributed by atoms with van der Waals surface area (Å²) < 4.78 is 27.1. The molecule has 3 rings (SSSR count). The molecule has 31 heavy (non-hydrogen) atoms. The number of benzene rings is 1. The van der Waals surface area contributed by atoms with Crippen LogP contribution < -0.4 is 0 Å². The number of nitrogens with zero attached hydrogens (tertiary/aromatic N) is 4. The average Bonchev–Trinajstić information content (AvgIpc) is 3.18. The number of sulfonamides is 1. The number of nitro benzene ring substituents is 1. The first kappa shape index (κ1) is 22.5. The van der Waals surface area contributed by atoms with Gasteiger partial charge in [-0.2, -0.15) is 9.57 Å². The Bertz CT molecular complexity index is 1290. The number of non-ortho nitro benzene ring substituents is 1. The predicted molar refractivity (Wildman–Crippen MR) is 116 cm³/mol. The summed E-state index contributed by atoms with van der Waals surface area (Å²) in [5, 5.41) is 21.1. The van der Waals surface area contributed by atoms with E-state index in [-0.39, 0.29) is 21.2 Å². The third-order valence-electron chi connectivity index (χ3n) is 4.74. The summed E-state index contributed by atoms with van der Waals surface area (Å²) in [6, 6.07) is 10.4. The standard InChI is InChI=1S/C20H18N4O5S2/c1-3-23(4-2)31(28,29)15-6-7-17(22-12-15)16(11-21)20(25)19-10-13-9-14(24(26)27)5-8-18(13)30-19/h5-10,12,16H,3-4H2,1-2H3/t16-/m0/s1. The molecular formula is C20H18N4O5S2. The van der Waals surface area contributed by atoms with E-state index < -0.39 is 26.6 Å². The van der Waals surface area contributed by atoms with Gasteiger partial charge in [0.25, 0.3) is 5.69 Å². The number of nitriles is 1. The summed E-state index contributed by atoms with van der Waals surface area (Å²) in [4.78, 5) is 27.7. The molecule has 0 spiro atoms. The zero-order valence-corrected chi connectivity index (χ0v) is 18.3. The quantitative estimate of drug-likeness (QED) is 0.285. The largest absolute Gasteiger partial charge is 0.291 e. The van der Waals surface area contributed by atoms with Crippen molar-refractivity contribution in [3.05, 3.63) is 63.3 Å². The van der Waals surface area contributed by atoms with Crippen LogP contribution in [0.2, 0.25) is 0 Å². The zero-order valence-electron chi connectivity index (χ0n) is 16.7. The highest BCUT2D eigenvalue weighted by atomic mass is 32.2. The van der Waals surface area contributed by atoms with Crippen molar-refractivity contribution in [3.8, 4) is 6.07 Å². The molecule has 2 aromatic heterocycles. The molecule has 0 N–H and O–H groups in total. The monoisotopic (exact) mass is 458 g/mol. The van der Waals surface area contributed by atoms with Crippen molar-refractivity contribution in [3.63, 3.8) is 0 Å². The van der Waals surface area contributed by atoms with Crippen LogP contribution in [0.1, 0.15) is 35.1 Å². The second-order valence-electron chi connectivity index (χ2n) is 6.52. The van der Waals surface area contributed by atoms with Crippen LogP contribution in [0.25, 0.3) is 10.1 Å². The number of hydrogen-bond acceptors (Lipinski definition) is 8. The summed E-state index contributed by atoms with van der Waals surface area (Å²) in [7, 11) is -3.70. The Balaban J connectivity index is 1.92. The molecule has 0 fully saturated rings. The number of aromatic nitrogens is 1. The number of pyridine rings is 1. The minimum Gasteiger partial charge on any atom is -0.291 e. The van der Waals surface area contributed by atoms with Crippen molar-refractivity contribution in [2.24, 2.45) is 0 Å². The molecule has 0 aliphatic heterocycles. The number of nitro groups is 1. The maximum absolute atomic E-state index is 12.9. The third-order valence-corrected chi connectivity index (χ3v) is 7.91. The molecule has 160 valence electrons. The van der Waals surface area contributed by atoms with Crippen LogP contribution in [0.5, 0.6) is 0 Å². The van der Waals surface area contributed by atoms with Gasteiger partial charge < -0.3 is 0 Å². The third kappa shape index (κ3) is 4.32. The number of carbonyl (C=O) groups excluding carboxylic acids is 1. The molecule has 0 unspecified atom stereocenters. The number of Topliss-reactive ketones (excluding diaryl/α,β-unsaturated/α-hetero) is 1. The van der Waals surface area contributed by atoms with Gasteiger partial charge in [-0.1, -0.05) is 13.8 Å². The van der Waals surface area contributed by atoms with Gasteiger partial charge in [0, 0.05) is 36.1 Å². The van der Waals surface area contributed by atoms with Crippen LogP contribution in [0.3, 0.4) is 0 Å². The van der Waals surface area contributed by atoms with E-state index in [1.54, 1.807) is 19.9 Å². The van der Waals surface area contributed by atoms with E-state index in [4.69, 9.17) is 0 Å². The van der Waals surface area contributed by atoms with E-state index in [9.17, 15) is 28.6 Å². The number of ketones is 1. The Labute approximate surface area is 182 Å². The van der Waals surface area contributed by atoms with Crippen LogP contribution >= 0.6 is 11.3 Å². The van der Waals surface area contributed by atoms with Gasteiger partial charge in [0.05, 0.1) is 21.6 Å². The Kier molecular flexibility index (Phi) is 6.45.